The Morgan fingerprint density at radius 1 is 0.624 bits per heavy atom. The van der Waals surface area contributed by atoms with E-state index in [1.807, 2.05) is 12.1 Å². The fourth-order valence-corrected chi connectivity index (χ4v) is 17.4. The van der Waals surface area contributed by atoms with Gasteiger partial charge in [-0.3, -0.25) is 19.2 Å². The van der Waals surface area contributed by atoms with Crippen LogP contribution in [0.1, 0.15) is 145 Å². The lowest BCUT2D eigenvalue weighted by Crippen LogP contribution is -2.52. The topological polar surface area (TPSA) is 238 Å². The second-order valence-corrected chi connectivity index (χ2v) is 28.7. The summed E-state index contributed by atoms with van der Waals surface area (Å²) in [5.41, 5.74) is 5.17. The molecule has 4 aliphatic heterocycles. The quantitative estimate of drug-likeness (QED) is 0.0822. The van der Waals surface area contributed by atoms with Crippen LogP contribution in [0, 0.1) is 51.0 Å². The van der Waals surface area contributed by atoms with Crippen molar-refractivity contribution in [3.05, 3.63) is 127 Å². The molecule has 12 rings (SSSR count). The molecular weight excluding hydrogens is 1180 g/mol. The number of benzene rings is 4. The van der Waals surface area contributed by atoms with Gasteiger partial charge in [0.15, 0.2) is 0 Å². The predicted molar refractivity (Wildman–Crippen MR) is 321 cm³/mol. The monoisotopic (exact) mass is 1250 g/mol. The van der Waals surface area contributed by atoms with Crippen molar-refractivity contribution in [2.75, 3.05) is 37.1 Å². The average Bonchev–Trinajstić information content (AvgIpc) is 1.58. The van der Waals surface area contributed by atoms with E-state index in [2.05, 4.69) is 38.3 Å². The average molecular weight is 1260 g/mol. The summed E-state index contributed by atoms with van der Waals surface area (Å²) in [6.45, 7) is 9.11. The lowest BCUT2D eigenvalue weighted by Gasteiger charge is -2.51. The zero-order valence-electron chi connectivity index (χ0n) is 48.3. The molecule has 4 aromatic rings. The summed E-state index contributed by atoms with van der Waals surface area (Å²) in [6, 6.07) is 20.0. The summed E-state index contributed by atoms with van der Waals surface area (Å²) in [5, 5.41) is 55.0. The number of aliphatic carboxylic acids is 1. The van der Waals surface area contributed by atoms with Crippen molar-refractivity contribution in [1.82, 2.24) is 0 Å². The van der Waals surface area contributed by atoms with Gasteiger partial charge in [-0.15, -0.1) is 0 Å². The summed E-state index contributed by atoms with van der Waals surface area (Å²) < 4.78 is 42.3. The number of nitrogens with two attached hydrogens (primary N) is 1. The molecule has 4 saturated carbocycles. The zero-order valence-corrected chi connectivity index (χ0v) is 51.3. The number of carbonyl (C=O) groups excluding carboxylic acids is 3. The summed E-state index contributed by atoms with van der Waals surface area (Å²) >= 11 is 25.1. The van der Waals surface area contributed by atoms with Crippen LogP contribution < -0.4 is 16.4 Å². The number of hydrogen-bond acceptors (Lipinski definition) is 11. The number of ketones is 1. The van der Waals surface area contributed by atoms with Crippen molar-refractivity contribution in [3.63, 3.8) is 0 Å². The number of carbonyl (C=O) groups is 4. The van der Waals surface area contributed by atoms with Gasteiger partial charge in [-0.05, 0) is 163 Å². The third kappa shape index (κ3) is 11.2. The lowest BCUT2D eigenvalue weighted by molar-refractivity contribution is -0.142. The van der Waals surface area contributed by atoms with Gasteiger partial charge in [-0.25, -0.2) is 8.78 Å². The Balaban J connectivity index is 0.000000166. The molecule has 6 fully saturated rings. The Labute approximate surface area is 514 Å². The van der Waals surface area contributed by atoms with E-state index in [9.17, 15) is 39.6 Å². The van der Waals surface area contributed by atoms with E-state index in [1.165, 1.54) is 12.1 Å². The van der Waals surface area contributed by atoms with Crippen LogP contribution in [0.2, 0.25) is 20.1 Å². The van der Waals surface area contributed by atoms with Crippen molar-refractivity contribution in [1.29, 1.82) is 0 Å². The maximum atomic E-state index is 16.1. The third-order valence-electron chi connectivity index (χ3n) is 21.0. The van der Waals surface area contributed by atoms with Crippen LogP contribution in [0.15, 0.2) is 72.8 Å². The fraction of sp³-hybridized carbons (Fsp3) is 0.569. The van der Waals surface area contributed by atoms with Gasteiger partial charge in [0.25, 0.3) is 0 Å². The highest BCUT2D eigenvalue weighted by molar-refractivity contribution is 6.32. The fourth-order valence-electron chi connectivity index (χ4n) is 16.7. The molecule has 0 radical (unpaired) electrons. The Morgan fingerprint density at radius 2 is 1.05 bits per heavy atom. The number of Topliss-reactive ketones (excluding diaryl/α,β-unsaturated/α-hetero) is 1. The first-order valence-corrected chi connectivity index (χ1v) is 31.1. The second kappa shape index (κ2) is 24.2. The normalized spacial score (nSPS) is 32.6. The smallest absolute Gasteiger partial charge is 0.307 e. The molecule has 4 aliphatic carbocycles. The van der Waals surface area contributed by atoms with Gasteiger partial charge in [-0.2, -0.15) is 0 Å². The predicted octanol–water partition coefficient (Wildman–Crippen LogP) is 11.7. The number of aliphatic hydroxyl groups is 4. The number of hydrogen-bond donors (Lipinski definition) is 8. The molecule has 0 bridgehead atoms. The summed E-state index contributed by atoms with van der Waals surface area (Å²) in [5.74, 6) is -6.34. The highest BCUT2D eigenvalue weighted by atomic mass is 35.5. The van der Waals surface area contributed by atoms with Crippen LogP contribution in [0.5, 0.6) is 0 Å². The van der Waals surface area contributed by atoms with E-state index in [0.717, 1.165) is 44.1 Å². The van der Waals surface area contributed by atoms with Gasteiger partial charge < -0.3 is 51.4 Å². The van der Waals surface area contributed by atoms with Crippen LogP contribution in [0.25, 0.3) is 0 Å². The summed E-state index contributed by atoms with van der Waals surface area (Å²) in [7, 11) is 0. The lowest BCUT2D eigenvalue weighted by atomic mass is 9.51. The molecule has 8 aliphatic rings. The highest BCUT2D eigenvalue weighted by Gasteiger charge is 2.74. The Hall–Kier alpha value is -4.30. The molecule has 2 saturated heterocycles. The van der Waals surface area contributed by atoms with Gasteiger partial charge >= 0.3 is 5.97 Å². The van der Waals surface area contributed by atoms with Crippen molar-refractivity contribution in [2.45, 2.75) is 164 Å². The number of aliphatic hydroxyl groups excluding tert-OH is 4. The number of nitrogens with one attached hydrogen (secondary N) is 2. The van der Waals surface area contributed by atoms with Gasteiger partial charge in [0.05, 0.1) is 65.4 Å². The molecule has 4 heterocycles. The number of fused-ring (bicyclic) bond motifs is 6. The molecular formula is C65H77Cl4F2N3O11. The molecule has 20 heteroatoms. The van der Waals surface area contributed by atoms with Gasteiger partial charge in [0.1, 0.15) is 29.6 Å². The third-order valence-corrected chi connectivity index (χ3v) is 22.1. The van der Waals surface area contributed by atoms with E-state index in [-0.39, 0.29) is 87.8 Å². The highest BCUT2D eigenvalue weighted by Crippen LogP contribution is 2.74. The number of ether oxygens (including phenoxy) is 2. The van der Waals surface area contributed by atoms with Crippen LogP contribution >= 0.6 is 46.4 Å². The molecule has 1 unspecified atom stereocenters. The molecule has 4 spiro atoms. The number of anilines is 2. The Morgan fingerprint density at radius 3 is 1.47 bits per heavy atom. The minimum Gasteiger partial charge on any atom is -0.481 e. The maximum Gasteiger partial charge on any atom is 0.307 e. The Bertz CT molecular complexity index is 3220. The van der Waals surface area contributed by atoms with Gasteiger partial charge in [0.2, 0.25) is 11.8 Å². The summed E-state index contributed by atoms with van der Waals surface area (Å²) in [4.78, 5) is 55.7. The second-order valence-electron chi connectivity index (χ2n) is 27.0. The van der Waals surface area contributed by atoms with Crippen LogP contribution in [0.4, 0.5) is 20.2 Å². The zero-order chi connectivity index (χ0) is 61.3. The van der Waals surface area contributed by atoms with Crippen LogP contribution in [-0.2, 0) is 39.5 Å². The van der Waals surface area contributed by atoms with E-state index < -0.39 is 87.4 Å². The molecule has 9 N–H and O–H groups in total. The standard InChI is InChI=1S/C33H38Cl2FNO5.C26H26Cl2FNO3.C6H13NO3/c1-31(2)8-10-32(11-9-31)15-21(25(39)12-18-13-26(40)27(16-38)42-17-18)28(20-4-3-5-23(35)29(20)36)33(32)22-7-6-19(34)14-24(22)37-30(33)41;1-24(2)8-10-25(11-9-24)13-16(22(31)32)20(15-4-3-5-18(28)21(15)29)26(25)17-7-6-14(27)12-19(17)30-23(26)33;7-4-1-5(9)6(2-8)10-3-4/h3-7,14,18,21,26-28,38,40H,8-13,15-17H2,1-2H3,(H,37,41);3-7,12,16,20H,8-11,13H2,1-2H3,(H,30,33)(H,31,32);4-6,8-9H,1-3,7H2/t18-,21+,26+,27-,28+,33-;16-,20+,26?;4-,5+,6-/m111/s1. The van der Waals surface area contributed by atoms with E-state index >= 15 is 8.78 Å². The SMILES string of the molecule is CC1(C)CCC2(CC1)C[C@@H](C(=O)C[C@H]1CO[C@H](CO)[C@@H](O)C1)[C@H](c1cccc(Cl)c1F)[C@]21C(=O)Nc2cc(Cl)ccc21.CC1(C)CCC2(CC1)C[C@@H](C(=O)O)[C@H](c1cccc(Cl)c1F)C21C(=O)Nc2cc(Cl)ccc21.N[C@H]1CO[C@H](CO)[C@@H](O)C1. The minimum atomic E-state index is -1.22. The van der Waals surface area contributed by atoms with Crippen molar-refractivity contribution >= 4 is 81.3 Å². The number of carboxylic acid groups (broad SMARTS) is 1. The molecule has 14 nitrogen and oxygen atoms in total. The number of carboxylic acids is 1. The van der Waals surface area contributed by atoms with Crippen LogP contribution in [-0.4, -0.2) is 106 Å². The number of rotatable bonds is 8. The van der Waals surface area contributed by atoms with E-state index in [4.69, 9.17) is 66.7 Å². The van der Waals surface area contributed by atoms with Crippen molar-refractivity contribution in [3.8, 4) is 0 Å². The first kappa shape index (κ1) is 63.7. The number of halogens is 6. The molecule has 460 valence electrons. The minimum absolute atomic E-state index is 0.0480. The molecule has 4 aromatic carbocycles. The molecule has 0 aromatic heterocycles. The maximum absolute atomic E-state index is 16.1. The van der Waals surface area contributed by atoms with E-state index in [0.29, 0.717) is 72.1 Å². The van der Waals surface area contributed by atoms with Crippen molar-refractivity contribution in [2.24, 2.45) is 45.1 Å². The Kier molecular flexibility index (Phi) is 18.2. The van der Waals surface area contributed by atoms with Crippen molar-refractivity contribution < 1.29 is 63.0 Å². The van der Waals surface area contributed by atoms with Crippen LogP contribution in [0.3, 0.4) is 0 Å². The van der Waals surface area contributed by atoms with Gasteiger partial charge in [0, 0.05) is 51.6 Å². The first-order chi connectivity index (χ1) is 40.2. The largest absolute Gasteiger partial charge is 0.481 e. The van der Waals surface area contributed by atoms with E-state index in [1.54, 1.807) is 48.5 Å². The summed E-state index contributed by atoms with van der Waals surface area (Å²) in [6.07, 6.45) is 5.47. The number of amides is 2. The molecule has 85 heavy (non-hydrogen) atoms. The van der Waals surface area contributed by atoms with Gasteiger partial charge in [-0.1, -0.05) is 110 Å². The molecule has 2 amide bonds. The molecule has 12 atom stereocenters. The first-order valence-electron chi connectivity index (χ1n) is 29.6.